The van der Waals surface area contributed by atoms with Gasteiger partial charge in [0.2, 0.25) is 0 Å². The molecule has 0 aliphatic heterocycles. The first-order valence-corrected chi connectivity index (χ1v) is 7.35. The van der Waals surface area contributed by atoms with Gasteiger partial charge in [-0.05, 0) is 42.1 Å². The van der Waals surface area contributed by atoms with Gasteiger partial charge >= 0.3 is 5.97 Å². The number of carbonyl (C=O) groups excluding carboxylic acids is 1. The summed E-state index contributed by atoms with van der Waals surface area (Å²) < 4.78 is 6.62. The van der Waals surface area contributed by atoms with E-state index in [2.05, 4.69) is 11.7 Å². The van der Waals surface area contributed by atoms with Crippen molar-refractivity contribution in [2.24, 2.45) is 0 Å². The highest BCUT2D eigenvalue weighted by molar-refractivity contribution is 7.08. The van der Waals surface area contributed by atoms with Crippen LogP contribution in [0.3, 0.4) is 0 Å². The van der Waals surface area contributed by atoms with Gasteiger partial charge in [-0.2, -0.15) is 16.4 Å². The molecule has 2 aromatic heterocycles. The van der Waals surface area contributed by atoms with Crippen molar-refractivity contribution in [3.63, 3.8) is 0 Å². The number of methoxy groups -OCH3 is 1. The minimum absolute atomic E-state index is 0.355. The van der Waals surface area contributed by atoms with E-state index < -0.39 is 0 Å². The molecule has 3 aromatic rings. The van der Waals surface area contributed by atoms with Crippen molar-refractivity contribution < 1.29 is 9.53 Å². The SMILES string of the molecule is C=C(C)c1nn(-c2ccsc2)c2cc(C(=O)OC)ccc12. The molecule has 2 heterocycles. The van der Waals surface area contributed by atoms with Crippen molar-refractivity contribution in [3.05, 3.63) is 52.9 Å². The van der Waals surface area contributed by atoms with Gasteiger partial charge in [-0.15, -0.1) is 0 Å². The molecule has 0 aliphatic rings. The second-order valence-corrected chi connectivity index (χ2v) is 5.53. The lowest BCUT2D eigenvalue weighted by atomic mass is 10.1. The van der Waals surface area contributed by atoms with E-state index in [9.17, 15) is 4.79 Å². The summed E-state index contributed by atoms with van der Waals surface area (Å²) in [4.78, 5) is 11.7. The number of thiophene rings is 1. The molecule has 3 rings (SSSR count). The third-order valence-corrected chi connectivity index (χ3v) is 3.93. The predicted octanol–water partition coefficient (Wildman–Crippen LogP) is 3.91. The van der Waals surface area contributed by atoms with E-state index >= 15 is 0 Å². The zero-order valence-electron chi connectivity index (χ0n) is 11.8. The number of benzene rings is 1. The van der Waals surface area contributed by atoms with E-state index in [1.165, 1.54) is 7.11 Å². The van der Waals surface area contributed by atoms with Crippen molar-refractivity contribution in [1.29, 1.82) is 0 Å². The van der Waals surface area contributed by atoms with Crippen LogP contribution < -0.4 is 0 Å². The summed E-state index contributed by atoms with van der Waals surface area (Å²) in [5, 5.41) is 9.61. The summed E-state index contributed by atoms with van der Waals surface area (Å²) in [5.74, 6) is -0.355. The van der Waals surface area contributed by atoms with E-state index in [0.717, 1.165) is 27.9 Å². The molecule has 0 radical (unpaired) electrons. The molecule has 4 nitrogen and oxygen atoms in total. The third-order valence-electron chi connectivity index (χ3n) is 3.26. The van der Waals surface area contributed by atoms with Crippen LogP contribution in [0.25, 0.3) is 22.2 Å². The van der Waals surface area contributed by atoms with Crippen LogP contribution >= 0.6 is 11.3 Å². The minimum atomic E-state index is -0.355. The van der Waals surface area contributed by atoms with Crippen LogP contribution in [-0.2, 0) is 4.74 Å². The molecule has 0 N–H and O–H groups in total. The fourth-order valence-corrected chi connectivity index (χ4v) is 2.86. The summed E-state index contributed by atoms with van der Waals surface area (Å²) >= 11 is 1.60. The largest absolute Gasteiger partial charge is 0.465 e. The molecular weight excluding hydrogens is 284 g/mol. The zero-order valence-corrected chi connectivity index (χ0v) is 12.6. The quantitative estimate of drug-likeness (QED) is 0.689. The van der Waals surface area contributed by atoms with Crippen LogP contribution in [0, 0.1) is 0 Å². The summed E-state index contributed by atoms with van der Waals surface area (Å²) in [6, 6.07) is 7.43. The maximum absolute atomic E-state index is 11.7. The Balaban J connectivity index is 2.30. The van der Waals surface area contributed by atoms with E-state index in [1.54, 1.807) is 23.5 Å². The van der Waals surface area contributed by atoms with Crippen molar-refractivity contribution in [1.82, 2.24) is 9.78 Å². The molecule has 0 fully saturated rings. The number of ether oxygens (including phenoxy) is 1. The fourth-order valence-electron chi connectivity index (χ4n) is 2.25. The van der Waals surface area contributed by atoms with Crippen LogP contribution in [0.4, 0.5) is 0 Å². The average Bonchev–Trinajstić information content (AvgIpc) is 3.12. The van der Waals surface area contributed by atoms with Crippen LogP contribution in [0.15, 0.2) is 41.6 Å². The second kappa shape index (κ2) is 5.18. The molecule has 0 atom stereocenters. The van der Waals surface area contributed by atoms with E-state index in [0.29, 0.717) is 5.56 Å². The first-order valence-electron chi connectivity index (χ1n) is 6.41. The minimum Gasteiger partial charge on any atom is -0.465 e. The van der Waals surface area contributed by atoms with Crippen molar-refractivity contribution in [3.8, 4) is 5.69 Å². The Morgan fingerprint density at radius 1 is 1.38 bits per heavy atom. The van der Waals surface area contributed by atoms with Crippen molar-refractivity contribution >= 4 is 33.8 Å². The number of hydrogen-bond acceptors (Lipinski definition) is 4. The highest BCUT2D eigenvalue weighted by Crippen LogP contribution is 2.28. The Hall–Kier alpha value is -2.40. The smallest absolute Gasteiger partial charge is 0.337 e. The number of allylic oxidation sites excluding steroid dienone is 1. The normalized spacial score (nSPS) is 10.8. The van der Waals surface area contributed by atoms with Gasteiger partial charge < -0.3 is 4.74 Å². The molecule has 0 amide bonds. The van der Waals surface area contributed by atoms with Crippen LogP contribution in [0.2, 0.25) is 0 Å². The molecular formula is C16H14N2O2S. The number of carbonyl (C=O) groups is 1. The first kappa shape index (κ1) is 13.6. The van der Waals surface area contributed by atoms with Gasteiger partial charge in [0.05, 0.1) is 29.6 Å². The van der Waals surface area contributed by atoms with Crippen LogP contribution in [-0.4, -0.2) is 22.9 Å². The topological polar surface area (TPSA) is 44.1 Å². The van der Waals surface area contributed by atoms with E-state index in [4.69, 9.17) is 4.74 Å². The molecule has 0 saturated heterocycles. The lowest BCUT2D eigenvalue weighted by Gasteiger charge is -2.02. The Kier molecular flexibility index (Phi) is 3.35. The molecule has 5 heteroatoms. The van der Waals surface area contributed by atoms with E-state index in [-0.39, 0.29) is 5.97 Å². The maximum atomic E-state index is 11.7. The number of nitrogens with zero attached hydrogens (tertiary/aromatic N) is 2. The predicted molar refractivity (Wildman–Crippen MR) is 85.0 cm³/mol. The summed E-state index contributed by atoms with van der Waals surface area (Å²) in [7, 11) is 1.38. The number of fused-ring (bicyclic) bond motifs is 1. The highest BCUT2D eigenvalue weighted by atomic mass is 32.1. The summed E-state index contributed by atoms with van der Waals surface area (Å²) in [6.45, 7) is 5.90. The second-order valence-electron chi connectivity index (χ2n) is 4.75. The number of hydrogen-bond donors (Lipinski definition) is 0. The molecule has 1 aromatic carbocycles. The molecule has 21 heavy (non-hydrogen) atoms. The maximum Gasteiger partial charge on any atom is 0.337 e. The van der Waals surface area contributed by atoms with Crippen molar-refractivity contribution in [2.45, 2.75) is 6.92 Å². The lowest BCUT2D eigenvalue weighted by molar-refractivity contribution is 0.0601. The molecule has 106 valence electrons. The van der Waals surface area contributed by atoms with Gasteiger partial charge in [0, 0.05) is 10.8 Å². The number of aromatic nitrogens is 2. The van der Waals surface area contributed by atoms with Gasteiger partial charge in [-0.3, -0.25) is 0 Å². The van der Waals surface area contributed by atoms with Gasteiger partial charge in [-0.25, -0.2) is 9.48 Å². The molecule has 0 spiro atoms. The molecule has 0 bridgehead atoms. The fraction of sp³-hybridized carbons (Fsp3) is 0.125. The van der Waals surface area contributed by atoms with Crippen LogP contribution in [0.5, 0.6) is 0 Å². The Morgan fingerprint density at radius 3 is 2.81 bits per heavy atom. The Bertz CT molecular complexity index is 831. The van der Waals surface area contributed by atoms with Gasteiger partial charge in [0.1, 0.15) is 0 Å². The number of rotatable bonds is 3. The van der Waals surface area contributed by atoms with Crippen LogP contribution in [0.1, 0.15) is 23.0 Å². The average molecular weight is 298 g/mol. The number of esters is 1. The Labute approximate surface area is 126 Å². The molecule has 0 aliphatic carbocycles. The molecule has 0 unspecified atom stereocenters. The van der Waals surface area contributed by atoms with Gasteiger partial charge in [0.25, 0.3) is 0 Å². The van der Waals surface area contributed by atoms with Gasteiger partial charge in [0.15, 0.2) is 0 Å². The first-order chi connectivity index (χ1) is 10.1. The Morgan fingerprint density at radius 2 is 2.19 bits per heavy atom. The summed E-state index contributed by atoms with van der Waals surface area (Å²) in [5.41, 5.74) is 4.08. The zero-order chi connectivity index (χ0) is 15.0. The van der Waals surface area contributed by atoms with E-state index in [1.807, 2.05) is 34.5 Å². The van der Waals surface area contributed by atoms with Crippen molar-refractivity contribution in [2.75, 3.05) is 7.11 Å². The lowest BCUT2D eigenvalue weighted by Crippen LogP contribution is -2.01. The molecule has 0 saturated carbocycles. The third kappa shape index (κ3) is 2.25. The van der Waals surface area contributed by atoms with Gasteiger partial charge in [-0.1, -0.05) is 6.58 Å². The standard InChI is InChI=1S/C16H14N2O2S/c1-10(2)15-13-5-4-11(16(19)20-3)8-14(13)18(17-15)12-6-7-21-9-12/h4-9H,1H2,2-3H3. The highest BCUT2D eigenvalue weighted by Gasteiger charge is 2.15. The summed E-state index contributed by atoms with van der Waals surface area (Å²) in [6.07, 6.45) is 0. The monoisotopic (exact) mass is 298 g/mol.